The molecule has 0 aliphatic rings. The van der Waals surface area contributed by atoms with Crippen LogP contribution in [0.3, 0.4) is 0 Å². The van der Waals surface area contributed by atoms with Crippen molar-refractivity contribution in [3.05, 3.63) is 58.1 Å². The number of methoxy groups -OCH3 is 1. The van der Waals surface area contributed by atoms with Crippen molar-refractivity contribution in [1.82, 2.24) is 0 Å². The van der Waals surface area contributed by atoms with Gasteiger partial charge in [-0.15, -0.1) is 0 Å². The quantitative estimate of drug-likeness (QED) is 0.807. The largest absolute Gasteiger partial charge is 0.487 e. The Hall–Kier alpha value is -1.78. The van der Waals surface area contributed by atoms with Gasteiger partial charge in [0, 0.05) is 11.3 Å². The second-order valence-electron chi connectivity index (χ2n) is 4.93. The van der Waals surface area contributed by atoms with Crippen LogP contribution in [0.5, 0.6) is 5.75 Å². The summed E-state index contributed by atoms with van der Waals surface area (Å²) in [6.45, 7) is 4.44. The maximum absolute atomic E-state index is 6.23. The molecular weight excluding hydrogens is 318 g/mol. The van der Waals surface area contributed by atoms with E-state index >= 15 is 0 Å². The highest BCUT2D eigenvalue weighted by molar-refractivity contribution is 7.80. The van der Waals surface area contributed by atoms with Gasteiger partial charge < -0.3 is 14.8 Å². The van der Waals surface area contributed by atoms with E-state index in [4.69, 9.17) is 33.3 Å². The average Bonchev–Trinajstić information content (AvgIpc) is 2.50. The minimum absolute atomic E-state index is 0.316. The van der Waals surface area contributed by atoms with Crippen molar-refractivity contribution in [2.24, 2.45) is 0 Å². The number of hydrogen-bond donors (Lipinski definition) is 1. The van der Waals surface area contributed by atoms with E-state index in [0.717, 1.165) is 22.4 Å². The first kappa shape index (κ1) is 16.6. The van der Waals surface area contributed by atoms with Crippen molar-refractivity contribution >= 4 is 34.7 Å². The van der Waals surface area contributed by atoms with E-state index in [1.165, 1.54) is 7.11 Å². The maximum atomic E-state index is 6.23. The molecule has 3 nitrogen and oxygen atoms in total. The van der Waals surface area contributed by atoms with E-state index in [-0.39, 0.29) is 0 Å². The molecule has 2 aromatic rings. The highest BCUT2D eigenvalue weighted by atomic mass is 35.5. The molecular formula is C17H18ClNO2S. The molecule has 2 rings (SSSR count). The summed E-state index contributed by atoms with van der Waals surface area (Å²) in [6.07, 6.45) is 0. The molecule has 0 fully saturated rings. The fourth-order valence-electron chi connectivity index (χ4n) is 1.95. The van der Waals surface area contributed by atoms with Gasteiger partial charge in [0.2, 0.25) is 0 Å². The van der Waals surface area contributed by atoms with Crippen LogP contribution in [-0.2, 0) is 11.3 Å². The molecule has 0 amide bonds. The number of aryl methyl sites for hydroxylation is 2. The molecule has 2 aromatic carbocycles. The Kier molecular flexibility index (Phi) is 5.63. The molecule has 116 valence electrons. The Morgan fingerprint density at radius 1 is 1.18 bits per heavy atom. The summed E-state index contributed by atoms with van der Waals surface area (Å²) < 4.78 is 10.8. The summed E-state index contributed by atoms with van der Waals surface area (Å²) in [4.78, 5) is 0. The van der Waals surface area contributed by atoms with Crippen LogP contribution in [0.25, 0.3) is 0 Å². The monoisotopic (exact) mass is 335 g/mol. The van der Waals surface area contributed by atoms with Crippen LogP contribution in [-0.4, -0.2) is 12.3 Å². The molecule has 0 aromatic heterocycles. The second kappa shape index (κ2) is 7.47. The van der Waals surface area contributed by atoms with Gasteiger partial charge in [0.05, 0.1) is 12.1 Å². The Labute approximate surface area is 141 Å². The van der Waals surface area contributed by atoms with Crippen molar-refractivity contribution in [3.8, 4) is 5.75 Å². The zero-order valence-electron chi connectivity index (χ0n) is 12.8. The predicted molar refractivity (Wildman–Crippen MR) is 94.9 cm³/mol. The van der Waals surface area contributed by atoms with Crippen LogP contribution in [0.1, 0.15) is 16.7 Å². The van der Waals surface area contributed by atoms with Gasteiger partial charge in [0.1, 0.15) is 12.4 Å². The molecule has 0 radical (unpaired) electrons. The number of benzene rings is 2. The predicted octanol–water partition coefficient (Wildman–Crippen LogP) is 4.88. The van der Waals surface area contributed by atoms with Gasteiger partial charge in [0.25, 0.3) is 5.17 Å². The SMILES string of the molecule is COC(=S)Nc1ccccc1COc1cc(C)c(C)cc1Cl. The van der Waals surface area contributed by atoms with Gasteiger partial charge in [-0.2, -0.15) is 0 Å². The van der Waals surface area contributed by atoms with E-state index < -0.39 is 0 Å². The molecule has 0 aliphatic heterocycles. The maximum Gasteiger partial charge on any atom is 0.260 e. The van der Waals surface area contributed by atoms with E-state index in [2.05, 4.69) is 5.32 Å². The Bertz CT molecular complexity index is 688. The van der Waals surface area contributed by atoms with Crippen LogP contribution < -0.4 is 10.1 Å². The van der Waals surface area contributed by atoms with E-state index in [1.807, 2.05) is 50.2 Å². The summed E-state index contributed by atoms with van der Waals surface area (Å²) in [5.74, 6) is 0.675. The number of hydrogen-bond acceptors (Lipinski definition) is 3. The number of thiocarbonyl (C=S) groups is 1. The van der Waals surface area contributed by atoms with Crippen molar-refractivity contribution in [2.45, 2.75) is 20.5 Å². The molecule has 0 unspecified atom stereocenters. The molecule has 0 atom stereocenters. The fourth-order valence-corrected chi connectivity index (χ4v) is 2.33. The second-order valence-corrected chi connectivity index (χ2v) is 5.71. The van der Waals surface area contributed by atoms with Crippen molar-refractivity contribution in [2.75, 3.05) is 12.4 Å². The summed E-state index contributed by atoms with van der Waals surface area (Å²) in [5, 5.41) is 3.96. The summed E-state index contributed by atoms with van der Waals surface area (Å²) in [5.41, 5.74) is 4.11. The Morgan fingerprint density at radius 3 is 2.59 bits per heavy atom. The molecule has 22 heavy (non-hydrogen) atoms. The smallest absolute Gasteiger partial charge is 0.260 e. The van der Waals surface area contributed by atoms with Gasteiger partial charge in [-0.25, -0.2) is 0 Å². The summed E-state index contributed by atoms with van der Waals surface area (Å²) in [7, 11) is 1.53. The minimum atomic E-state index is 0.316. The lowest BCUT2D eigenvalue weighted by Gasteiger charge is -2.14. The average molecular weight is 336 g/mol. The topological polar surface area (TPSA) is 30.5 Å². The molecule has 0 saturated carbocycles. The normalized spacial score (nSPS) is 10.2. The first-order valence-electron chi connectivity index (χ1n) is 6.83. The Morgan fingerprint density at radius 2 is 1.86 bits per heavy atom. The zero-order valence-corrected chi connectivity index (χ0v) is 14.3. The number of halogens is 1. The van der Waals surface area contributed by atoms with Crippen molar-refractivity contribution < 1.29 is 9.47 Å². The molecule has 0 spiro atoms. The fraction of sp³-hybridized carbons (Fsp3) is 0.235. The number of rotatable bonds is 4. The van der Waals surface area contributed by atoms with Crippen LogP contribution in [0, 0.1) is 13.8 Å². The van der Waals surface area contributed by atoms with Gasteiger partial charge in [-0.3, -0.25) is 0 Å². The highest BCUT2D eigenvalue weighted by Crippen LogP contribution is 2.29. The molecule has 0 bridgehead atoms. The van der Waals surface area contributed by atoms with Crippen LogP contribution in [0.15, 0.2) is 36.4 Å². The first-order chi connectivity index (χ1) is 10.5. The lowest BCUT2D eigenvalue weighted by Crippen LogP contribution is -2.12. The lowest BCUT2D eigenvalue weighted by molar-refractivity contribution is 0.307. The molecule has 0 aliphatic carbocycles. The molecule has 0 heterocycles. The molecule has 1 N–H and O–H groups in total. The zero-order chi connectivity index (χ0) is 16.1. The van der Waals surface area contributed by atoms with Crippen LogP contribution in [0.4, 0.5) is 5.69 Å². The minimum Gasteiger partial charge on any atom is -0.487 e. The van der Waals surface area contributed by atoms with Gasteiger partial charge in [-0.05, 0) is 55.4 Å². The molecule has 0 saturated heterocycles. The first-order valence-corrected chi connectivity index (χ1v) is 7.62. The van der Waals surface area contributed by atoms with Gasteiger partial charge in [0.15, 0.2) is 0 Å². The number of para-hydroxylation sites is 1. The number of nitrogens with one attached hydrogen (secondary N) is 1. The van der Waals surface area contributed by atoms with Crippen LogP contribution >= 0.6 is 23.8 Å². The standard InChI is InChI=1S/C17H18ClNO2S/c1-11-8-14(18)16(9-12(11)2)21-10-13-6-4-5-7-15(13)19-17(22)20-3/h4-9H,10H2,1-3H3,(H,19,22). The number of ether oxygens (including phenoxy) is 2. The highest BCUT2D eigenvalue weighted by Gasteiger charge is 2.08. The van der Waals surface area contributed by atoms with E-state index in [0.29, 0.717) is 22.6 Å². The third kappa shape index (κ3) is 4.12. The number of anilines is 1. The van der Waals surface area contributed by atoms with Crippen LogP contribution in [0.2, 0.25) is 5.02 Å². The van der Waals surface area contributed by atoms with E-state index in [9.17, 15) is 0 Å². The summed E-state index contributed by atoms with van der Waals surface area (Å²) in [6, 6.07) is 11.6. The molecule has 5 heteroatoms. The third-order valence-corrected chi connectivity index (χ3v) is 3.93. The van der Waals surface area contributed by atoms with Gasteiger partial charge >= 0.3 is 0 Å². The van der Waals surface area contributed by atoms with Crippen molar-refractivity contribution in [3.63, 3.8) is 0 Å². The van der Waals surface area contributed by atoms with Crippen molar-refractivity contribution in [1.29, 1.82) is 0 Å². The lowest BCUT2D eigenvalue weighted by atomic mass is 10.1. The van der Waals surface area contributed by atoms with E-state index in [1.54, 1.807) is 0 Å². The summed E-state index contributed by atoms with van der Waals surface area (Å²) >= 11 is 11.3. The Balaban J connectivity index is 2.15. The van der Waals surface area contributed by atoms with Gasteiger partial charge in [-0.1, -0.05) is 29.8 Å². The third-order valence-electron chi connectivity index (χ3n) is 3.37.